The van der Waals surface area contributed by atoms with Gasteiger partial charge < -0.3 is 10.2 Å². The predicted octanol–water partition coefficient (Wildman–Crippen LogP) is 7.73. The minimum absolute atomic E-state index is 0.353. The van der Waals surface area contributed by atoms with Gasteiger partial charge in [-0.25, -0.2) is 4.39 Å². The lowest BCUT2D eigenvalue weighted by molar-refractivity contribution is 0.214. The van der Waals surface area contributed by atoms with Gasteiger partial charge in [0.05, 0.1) is 23.3 Å². The second-order valence-electron chi connectivity index (χ2n) is 9.36. The van der Waals surface area contributed by atoms with Gasteiger partial charge in [0, 0.05) is 60.1 Å². The third-order valence-corrected chi connectivity index (χ3v) is 5.87. The molecule has 0 aliphatic heterocycles. The molecule has 0 fully saturated rings. The van der Waals surface area contributed by atoms with E-state index >= 15 is 0 Å². The molecule has 0 amide bonds. The van der Waals surface area contributed by atoms with Crippen LogP contribution in [0.3, 0.4) is 0 Å². The zero-order valence-electron chi connectivity index (χ0n) is 23.5. The van der Waals surface area contributed by atoms with Crippen molar-refractivity contribution in [2.75, 3.05) is 25.0 Å². The molecule has 2 heterocycles. The summed E-state index contributed by atoms with van der Waals surface area (Å²) in [6.45, 7) is 20.0. The summed E-state index contributed by atoms with van der Waals surface area (Å²) in [6, 6.07) is 5.59. The van der Waals surface area contributed by atoms with Crippen LogP contribution in [0.25, 0.3) is 11.3 Å². The standard InChI is InChI=1S/C31H42FN5/c1-9-16-37(17-10-2)27(11-3)18-25(21-33-13-5)28-20-26(22-35-23(28)6)36-29(12-4)24-14-15-34-30(19-24)31(7,8)32/h11,14-15,18-22,36H,4,9-10,13,16-17H2,1-3,5-8H3/b25-18+,27-11-,33-21?. The number of hydrogen-bond acceptors (Lipinski definition) is 5. The maximum atomic E-state index is 14.5. The number of rotatable bonds is 13. The molecule has 0 radical (unpaired) electrons. The van der Waals surface area contributed by atoms with Crippen LogP contribution in [-0.2, 0) is 5.67 Å². The minimum Gasteiger partial charge on any atom is -0.372 e. The fourth-order valence-electron chi connectivity index (χ4n) is 3.97. The van der Waals surface area contributed by atoms with Gasteiger partial charge >= 0.3 is 0 Å². The molecule has 2 aromatic rings. The number of hydrogen-bond donors (Lipinski definition) is 1. The topological polar surface area (TPSA) is 53.4 Å². The maximum Gasteiger partial charge on any atom is 0.147 e. The Kier molecular flexibility index (Phi) is 11.5. The van der Waals surface area contributed by atoms with E-state index in [-0.39, 0.29) is 0 Å². The van der Waals surface area contributed by atoms with Crippen LogP contribution in [0.4, 0.5) is 10.1 Å². The molecule has 0 atom stereocenters. The van der Waals surface area contributed by atoms with Gasteiger partial charge in [-0.05, 0) is 71.7 Å². The van der Waals surface area contributed by atoms with Crippen molar-refractivity contribution >= 4 is 23.2 Å². The summed E-state index contributed by atoms with van der Waals surface area (Å²) >= 11 is 0. The predicted molar refractivity (Wildman–Crippen MR) is 156 cm³/mol. The Balaban J connectivity index is 2.51. The highest BCUT2D eigenvalue weighted by Crippen LogP contribution is 2.27. The van der Waals surface area contributed by atoms with Gasteiger partial charge in [0.25, 0.3) is 0 Å². The molecule has 6 heteroatoms. The molecule has 0 aliphatic carbocycles. The Labute approximate surface area is 222 Å². The van der Waals surface area contributed by atoms with Crippen LogP contribution in [0.5, 0.6) is 0 Å². The highest BCUT2D eigenvalue weighted by Gasteiger charge is 2.21. The maximum absolute atomic E-state index is 14.5. The largest absolute Gasteiger partial charge is 0.372 e. The molecule has 5 nitrogen and oxygen atoms in total. The summed E-state index contributed by atoms with van der Waals surface area (Å²) in [5.74, 6) is 0. The molecule has 2 rings (SSSR count). The third kappa shape index (κ3) is 8.54. The Hall–Kier alpha value is -3.50. The van der Waals surface area contributed by atoms with E-state index in [1.165, 1.54) is 19.5 Å². The summed E-state index contributed by atoms with van der Waals surface area (Å²) in [4.78, 5) is 15.8. The molecule has 0 bridgehead atoms. The van der Waals surface area contributed by atoms with Crippen LogP contribution in [-0.4, -0.2) is 40.7 Å². The Morgan fingerprint density at radius 3 is 2.46 bits per heavy atom. The number of nitrogens with one attached hydrogen (secondary N) is 1. The van der Waals surface area contributed by atoms with Gasteiger partial charge in [-0.2, -0.15) is 0 Å². The number of halogens is 1. The molecule has 0 unspecified atom stereocenters. The number of aliphatic imine (C=N–C) groups is 1. The average Bonchev–Trinajstić information content (AvgIpc) is 2.88. The molecule has 37 heavy (non-hydrogen) atoms. The van der Waals surface area contributed by atoms with Gasteiger partial charge in [-0.15, -0.1) is 5.73 Å². The van der Waals surface area contributed by atoms with Crippen LogP contribution >= 0.6 is 0 Å². The molecule has 0 saturated carbocycles. The number of aryl methyl sites for hydroxylation is 1. The lowest BCUT2D eigenvalue weighted by Crippen LogP contribution is -2.24. The summed E-state index contributed by atoms with van der Waals surface area (Å²) in [5, 5.41) is 3.37. The number of pyridine rings is 2. The van der Waals surface area contributed by atoms with E-state index in [9.17, 15) is 4.39 Å². The van der Waals surface area contributed by atoms with Crippen molar-refractivity contribution in [2.45, 2.75) is 67.0 Å². The van der Waals surface area contributed by atoms with Gasteiger partial charge in [0.1, 0.15) is 5.67 Å². The molecule has 0 aromatic carbocycles. The first-order chi connectivity index (χ1) is 17.7. The van der Waals surface area contributed by atoms with Gasteiger partial charge in [-0.3, -0.25) is 15.0 Å². The quantitative estimate of drug-likeness (QED) is 0.173. The van der Waals surface area contributed by atoms with E-state index in [4.69, 9.17) is 0 Å². The summed E-state index contributed by atoms with van der Waals surface area (Å²) in [5.41, 5.74) is 7.97. The highest BCUT2D eigenvalue weighted by atomic mass is 19.1. The van der Waals surface area contributed by atoms with Gasteiger partial charge in [0.15, 0.2) is 0 Å². The van der Waals surface area contributed by atoms with E-state index in [1.807, 2.05) is 26.1 Å². The van der Waals surface area contributed by atoms with Crippen molar-refractivity contribution in [1.29, 1.82) is 0 Å². The zero-order chi connectivity index (χ0) is 27.4. The van der Waals surface area contributed by atoms with E-state index in [0.29, 0.717) is 17.9 Å². The van der Waals surface area contributed by atoms with Crippen molar-refractivity contribution < 1.29 is 4.39 Å². The summed E-state index contributed by atoms with van der Waals surface area (Å²) in [6.07, 6.45) is 11.8. The molecular formula is C31H42FN5. The SMILES string of the molecule is C=C=C(Nc1cnc(C)c(/C(C=NCC)=C/C(=C/C)N(CCC)CCC)c1)c1ccnc(C(C)(C)F)c1. The van der Waals surface area contributed by atoms with Crippen molar-refractivity contribution in [3.63, 3.8) is 0 Å². The zero-order valence-corrected chi connectivity index (χ0v) is 23.5. The third-order valence-electron chi connectivity index (χ3n) is 5.87. The Morgan fingerprint density at radius 1 is 1.19 bits per heavy atom. The molecule has 0 saturated heterocycles. The normalized spacial score (nSPS) is 12.5. The fraction of sp³-hybridized carbons (Fsp3) is 0.419. The molecular weight excluding hydrogens is 461 g/mol. The smallest absolute Gasteiger partial charge is 0.147 e. The molecule has 198 valence electrons. The lowest BCUT2D eigenvalue weighted by Gasteiger charge is -2.25. The second kappa shape index (κ2) is 14.3. The lowest BCUT2D eigenvalue weighted by atomic mass is 10.0. The van der Waals surface area contributed by atoms with Crippen LogP contribution in [0.15, 0.2) is 65.7 Å². The van der Waals surface area contributed by atoms with Gasteiger partial charge in [0.2, 0.25) is 0 Å². The molecule has 1 N–H and O–H groups in total. The first-order valence-electron chi connectivity index (χ1n) is 13.1. The highest BCUT2D eigenvalue weighted by molar-refractivity contribution is 6.11. The van der Waals surface area contributed by atoms with Crippen LogP contribution < -0.4 is 5.32 Å². The van der Waals surface area contributed by atoms with Crippen molar-refractivity contribution in [3.8, 4) is 0 Å². The van der Waals surface area contributed by atoms with Crippen LogP contribution in [0.2, 0.25) is 0 Å². The molecule has 0 spiro atoms. The van der Waals surface area contributed by atoms with Crippen LogP contribution in [0.1, 0.15) is 76.9 Å². The number of anilines is 1. The van der Waals surface area contributed by atoms with Crippen molar-refractivity contribution in [3.05, 3.63) is 83.3 Å². The Morgan fingerprint density at radius 2 is 1.89 bits per heavy atom. The second-order valence-corrected chi connectivity index (χ2v) is 9.36. The monoisotopic (exact) mass is 503 g/mol. The number of nitrogens with zero attached hydrogens (tertiary/aromatic N) is 4. The average molecular weight is 504 g/mol. The number of aromatic nitrogens is 2. The van der Waals surface area contributed by atoms with Crippen molar-refractivity contribution in [1.82, 2.24) is 14.9 Å². The van der Waals surface area contributed by atoms with E-state index < -0.39 is 5.67 Å². The molecule has 2 aromatic heterocycles. The fourth-order valence-corrected chi connectivity index (χ4v) is 3.97. The van der Waals surface area contributed by atoms with Gasteiger partial charge in [-0.1, -0.05) is 26.5 Å². The van der Waals surface area contributed by atoms with E-state index in [1.54, 1.807) is 18.5 Å². The summed E-state index contributed by atoms with van der Waals surface area (Å²) < 4.78 is 14.5. The minimum atomic E-state index is -1.55. The first-order valence-corrected chi connectivity index (χ1v) is 13.1. The van der Waals surface area contributed by atoms with E-state index in [2.05, 4.69) is 76.5 Å². The number of alkyl halides is 1. The van der Waals surface area contributed by atoms with Crippen molar-refractivity contribution in [2.24, 2.45) is 4.99 Å². The van der Waals surface area contributed by atoms with E-state index in [0.717, 1.165) is 54.0 Å². The summed E-state index contributed by atoms with van der Waals surface area (Å²) in [7, 11) is 0. The number of allylic oxidation sites excluding steroid dienone is 3. The first kappa shape index (κ1) is 29.7. The van der Waals surface area contributed by atoms with Crippen LogP contribution in [0, 0.1) is 6.92 Å². The Bertz CT molecular complexity index is 1170. The molecule has 0 aliphatic rings.